The molecule has 0 bridgehead atoms. The van der Waals surface area contributed by atoms with Gasteiger partial charge in [-0.1, -0.05) is 0 Å². The number of nitrogens with two attached hydrogens (primary N) is 1. The van der Waals surface area contributed by atoms with Crippen LogP contribution in [0.4, 0.5) is 15.8 Å². The molecule has 2 rings (SSSR count). The van der Waals surface area contributed by atoms with E-state index in [4.69, 9.17) is 10.5 Å². The molecule has 1 fully saturated rings. The minimum absolute atomic E-state index is 0.288. The van der Waals surface area contributed by atoms with Gasteiger partial charge in [0.05, 0.1) is 18.0 Å². The van der Waals surface area contributed by atoms with Crippen molar-refractivity contribution in [2.24, 2.45) is 5.92 Å². The van der Waals surface area contributed by atoms with Crippen LogP contribution >= 0.6 is 0 Å². The molecule has 2 N–H and O–H groups in total. The molecule has 18 heavy (non-hydrogen) atoms. The summed E-state index contributed by atoms with van der Waals surface area (Å²) in [4.78, 5) is 2.20. The number of hydrogen-bond donors (Lipinski definition) is 1. The quantitative estimate of drug-likeness (QED) is 0.791. The molecule has 3 nitrogen and oxygen atoms in total. The minimum atomic E-state index is -0.388. The normalized spacial score (nSPS) is 14.6. The lowest BCUT2D eigenvalue weighted by molar-refractivity contribution is 0.321. The molecule has 0 aromatic heterocycles. The Balaban J connectivity index is 2.25. The number of benzene rings is 1. The minimum Gasteiger partial charge on any atom is -0.491 e. The van der Waals surface area contributed by atoms with E-state index in [1.165, 1.54) is 18.9 Å². The molecule has 0 aliphatic heterocycles. The molecule has 1 saturated carbocycles. The lowest BCUT2D eigenvalue weighted by atomic mass is 10.2. The molecule has 0 amide bonds. The van der Waals surface area contributed by atoms with E-state index in [0.717, 1.165) is 24.7 Å². The Kier molecular flexibility index (Phi) is 3.94. The van der Waals surface area contributed by atoms with Crippen molar-refractivity contribution < 1.29 is 9.13 Å². The third-order valence-electron chi connectivity index (χ3n) is 3.28. The Morgan fingerprint density at radius 1 is 1.39 bits per heavy atom. The second-order valence-corrected chi connectivity index (χ2v) is 4.76. The summed E-state index contributed by atoms with van der Waals surface area (Å²) in [6, 6.07) is 3.08. The Morgan fingerprint density at radius 3 is 2.67 bits per heavy atom. The zero-order chi connectivity index (χ0) is 13.1. The molecule has 0 spiro atoms. The molecular weight excluding hydrogens is 231 g/mol. The number of hydrogen-bond acceptors (Lipinski definition) is 3. The highest BCUT2D eigenvalue weighted by Crippen LogP contribution is 2.35. The van der Waals surface area contributed by atoms with Crippen LogP contribution < -0.4 is 15.4 Å². The third kappa shape index (κ3) is 2.86. The summed E-state index contributed by atoms with van der Waals surface area (Å²) in [5.74, 6) is 0.668. The molecule has 1 aliphatic carbocycles. The number of halogens is 1. The summed E-state index contributed by atoms with van der Waals surface area (Å²) in [6.45, 7) is 6.26. The van der Waals surface area contributed by atoms with Gasteiger partial charge in [-0.25, -0.2) is 4.39 Å². The maximum Gasteiger partial charge on any atom is 0.167 e. The van der Waals surface area contributed by atoms with E-state index >= 15 is 0 Å². The van der Waals surface area contributed by atoms with Crippen LogP contribution in [0.15, 0.2) is 12.1 Å². The highest BCUT2D eigenvalue weighted by Gasteiger charge is 2.25. The topological polar surface area (TPSA) is 38.5 Å². The van der Waals surface area contributed by atoms with Gasteiger partial charge in [0.1, 0.15) is 0 Å². The molecule has 100 valence electrons. The molecule has 0 atom stereocenters. The van der Waals surface area contributed by atoms with Gasteiger partial charge in [0.2, 0.25) is 0 Å². The number of nitrogen functional groups attached to an aromatic ring is 1. The first-order valence-corrected chi connectivity index (χ1v) is 6.62. The summed E-state index contributed by atoms with van der Waals surface area (Å²) in [6.07, 6.45) is 2.58. The van der Waals surface area contributed by atoms with Crippen LogP contribution in [0.3, 0.4) is 0 Å². The predicted molar refractivity (Wildman–Crippen MR) is 72.6 cm³/mol. The zero-order valence-corrected chi connectivity index (χ0v) is 11.1. The van der Waals surface area contributed by atoms with Crippen molar-refractivity contribution in [3.05, 3.63) is 17.9 Å². The van der Waals surface area contributed by atoms with Gasteiger partial charge >= 0.3 is 0 Å². The van der Waals surface area contributed by atoms with E-state index in [1.807, 2.05) is 6.92 Å². The van der Waals surface area contributed by atoms with Crippen molar-refractivity contribution >= 4 is 11.4 Å². The largest absolute Gasteiger partial charge is 0.491 e. The molecule has 4 heteroatoms. The van der Waals surface area contributed by atoms with Crippen LogP contribution in [0.1, 0.15) is 26.7 Å². The maximum atomic E-state index is 13.6. The molecule has 0 heterocycles. The van der Waals surface area contributed by atoms with Crippen LogP contribution in [0, 0.1) is 11.7 Å². The first kappa shape index (κ1) is 13.0. The van der Waals surface area contributed by atoms with E-state index in [0.29, 0.717) is 12.3 Å². The average molecular weight is 252 g/mol. The van der Waals surface area contributed by atoms with Gasteiger partial charge in [-0.15, -0.1) is 0 Å². The molecule has 0 unspecified atom stereocenters. The van der Waals surface area contributed by atoms with E-state index in [2.05, 4.69) is 11.8 Å². The first-order chi connectivity index (χ1) is 8.65. The van der Waals surface area contributed by atoms with Crippen molar-refractivity contribution in [3.8, 4) is 5.75 Å². The fourth-order valence-electron chi connectivity index (χ4n) is 2.11. The first-order valence-electron chi connectivity index (χ1n) is 6.62. The summed E-state index contributed by atoms with van der Waals surface area (Å²) in [5, 5.41) is 0. The van der Waals surface area contributed by atoms with E-state index in [-0.39, 0.29) is 11.6 Å². The lowest BCUT2D eigenvalue weighted by Gasteiger charge is -2.25. The summed E-state index contributed by atoms with van der Waals surface area (Å²) >= 11 is 0. The van der Waals surface area contributed by atoms with Gasteiger partial charge in [0.15, 0.2) is 11.6 Å². The Bertz CT molecular complexity index is 419. The van der Waals surface area contributed by atoms with Gasteiger partial charge in [0.25, 0.3) is 0 Å². The van der Waals surface area contributed by atoms with Gasteiger partial charge in [-0.2, -0.15) is 0 Å². The summed E-state index contributed by atoms with van der Waals surface area (Å²) in [7, 11) is 0. The summed E-state index contributed by atoms with van der Waals surface area (Å²) in [5.41, 5.74) is 7.29. The fraction of sp³-hybridized carbons (Fsp3) is 0.571. The van der Waals surface area contributed by atoms with Crippen LogP contribution in [-0.4, -0.2) is 19.7 Å². The second-order valence-electron chi connectivity index (χ2n) is 4.76. The summed E-state index contributed by atoms with van der Waals surface area (Å²) < 4.78 is 18.9. The number of nitrogens with zero attached hydrogens (tertiary/aromatic N) is 1. The van der Waals surface area contributed by atoms with Crippen molar-refractivity contribution in [1.29, 1.82) is 0 Å². The monoisotopic (exact) mass is 252 g/mol. The van der Waals surface area contributed by atoms with Crippen molar-refractivity contribution in [2.75, 3.05) is 30.3 Å². The molecule has 1 aromatic carbocycles. The van der Waals surface area contributed by atoms with Crippen LogP contribution in [0.25, 0.3) is 0 Å². The second kappa shape index (κ2) is 5.46. The van der Waals surface area contributed by atoms with Crippen LogP contribution in [-0.2, 0) is 0 Å². The van der Waals surface area contributed by atoms with Gasteiger partial charge in [-0.05, 0) is 32.6 Å². The molecule has 1 aromatic rings. The highest BCUT2D eigenvalue weighted by atomic mass is 19.1. The van der Waals surface area contributed by atoms with Crippen molar-refractivity contribution in [3.63, 3.8) is 0 Å². The van der Waals surface area contributed by atoms with E-state index in [9.17, 15) is 4.39 Å². The van der Waals surface area contributed by atoms with Gasteiger partial charge < -0.3 is 15.4 Å². The number of anilines is 2. The van der Waals surface area contributed by atoms with Crippen molar-refractivity contribution in [1.82, 2.24) is 0 Å². The maximum absolute atomic E-state index is 13.6. The standard InChI is InChI=1S/C14H21FN2O/c1-3-17(9-10-5-6-10)13-8-14(18-4-2)11(15)7-12(13)16/h7-8,10H,3-6,9,16H2,1-2H3. The molecular formula is C14H21FN2O. The zero-order valence-electron chi connectivity index (χ0n) is 11.1. The van der Waals surface area contributed by atoms with E-state index in [1.54, 1.807) is 6.07 Å². The fourth-order valence-corrected chi connectivity index (χ4v) is 2.11. The van der Waals surface area contributed by atoms with Crippen molar-refractivity contribution in [2.45, 2.75) is 26.7 Å². The van der Waals surface area contributed by atoms with Gasteiger partial charge in [0, 0.05) is 25.2 Å². The average Bonchev–Trinajstić information content (AvgIpc) is 3.14. The third-order valence-corrected chi connectivity index (χ3v) is 3.28. The number of ether oxygens (including phenoxy) is 1. The predicted octanol–water partition coefficient (Wildman–Crippen LogP) is 3.04. The Morgan fingerprint density at radius 2 is 2.11 bits per heavy atom. The Hall–Kier alpha value is -1.45. The van der Waals surface area contributed by atoms with Crippen LogP contribution in [0.5, 0.6) is 5.75 Å². The van der Waals surface area contributed by atoms with Gasteiger partial charge in [-0.3, -0.25) is 0 Å². The number of rotatable bonds is 6. The molecule has 0 saturated heterocycles. The van der Waals surface area contributed by atoms with E-state index < -0.39 is 0 Å². The Labute approximate surface area is 108 Å². The smallest absolute Gasteiger partial charge is 0.167 e. The highest BCUT2D eigenvalue weighted by molar-refractivity contribution is 5.70. The van der Waals surface area contributed by atoms with Crippen LogP contribution in [0.2, 0.25) is 0 Å². The lowest BCUT2D eigenvalue weighted by Crippen LogP contribution is -2.26. The SMILES string of the molecule is CCOc1cc(N(CC)CC2CC2)c(N)cc1F. The molecule has 1 aliphatic rings. The molecule has 0 radical (unpaired) electrons.